The van der Waals surface area contributed by atoms with Gasteiger partial charge < -0.3 is 24.5 Å². The SMILES string of the molecule is CC(C)(C)OC(=O)N[C@@H](Cc1ccc(-n2cnc(C(=O)O)c2)cc1)C(=O)OC(C)(C)C. The van der Waals surface area contributed by atoms with E-state index in [2.05, 4.69) is 10.3 Å². The van der Waals surface area contributed by atoms with Crippen molar-refractivity contribution in [2.45, 2.75) is 65.2 Å². The summed E-state index contributed by atoms with van der Waals surface area (Å²) in [6, 6.07) is 6.16. The van der Waals surface area contributed by atoms with Crippen LogP contribution in [0.2, 0.25) is 0 Å². The Labute approximate surface area is 181 Å². The number of alkyl carbamates (subject to hydrolysis) is 1. The number of carbonyl (C=O) groups is 3. The number of carboxylic acids is 1. The molecule has 2 N–H and O–H groups in total. The Kier molecular flexibility index (Phi) is 7.09. The van der Waals surface area contributed by atoms with Gasteiger partial charge in [0.1, 0.15) is 23.6 Å². The van der Waals surface area contributed by atoms with Gasteiger partial charge in [0, 0.05) is 18.3 Å². The third-order valence-electron chi connectivity index (χ3n) is 3.86. The van der Waals surface area contributed by atoms with Crippen molar-refractivity contribution in [2.24, 2.45) is 0 Å². The molecule has 0 bridgehead atoms. The molecule has 2 aromatic rings. The van der Waals surface area contributed by atoms with Crippen molar-refractivity contribution in [3.05, 3.63) is 48.0 Å². The van der Waals surface area contributed by atoms with Gasteiger partial charge in [-0.05, 0) is 59.2 Å². The number of nitrogens with one attached hydrogen (secondary N) is 1. The van der Waals surface area contributed by atoms with Gasteiger partial charge in [-0.25, -0.2) is 19.4 Å². The summed E-state index contributed by atoms with van der Waals surface area (Å²) >= 11 is 0. The second-order valence-corrected chi connectivity index (χ2v) is 9.07. The average molecular weight is 431 g/mol. The zero-order valence-electron chi connectivity index (χ0n) is 18.6. The third-order valence-corrected chi connectivity index (χ3v) is 3.86. The normalized spacial score (nSPS) is 12.7. The quantitative estimate of drug-likeness (QED) is 0.673. The maximum absolute atomic E-state index is 12.7. The Morgan fingerprint density at radius 3 is 2.10 bits per heavy atom. The van der Waals surface area contributed by atoms with Gasteiger partial charge in [0.05, 0.1) is 0 Å². The first-order valence-electron chi connectivity index (χ1n) is 9.82. The zero-order valence-corrected chi connectivity index (χ0v) is 18.6. The van der Waals surface area contributed by atoms with Crippen molar-refractivity contribution in [1.82, 2.24) is 14.9 Å². The monoisotopic (exact) mass is 431 g/mol. The fraction of sp³-hybridized carbons (Fsp3) is 0.455. The molecule has 9 nitrogen and oxygen atoms in total. The second kappa shape index (κ2) is 9.20. The van der Waals surface area contributed by atoms with Crippen LogP contribution in [0.15, 0.2) is 36.8 Å². The molecule has 0 unspecified atom stereocenters. The number of nitrogens with zero attached hydrogens (tertiary/aromatic N) is 2. The fourth-order valence-corrected chi connectivity index (χ4v) is 2.63. The van der Waals surface area contributed by atoms with E-state index in [0.29, 0.717) is 5.69 Å². The number of carboxylic acid groups (broad SMARTS) is 1. The largest absolute Gasteiger partial charge is 0.476 e. The van der Waals surface area contributed by atoms with Crippen LogP contribution in [0, 0.1) is 0 Å². The van der Waals surface area contributed by atoms with Crippen molar-refractivity contribution in [2.75, 3.05) is 0 Å². The first-order valence-corrected chi connectivity index (χ1v) is 9.82. The van der Waals surface area contributed by atoms with Crippen LogP contribution in [0.4, 0.5) is 4.79 Å². The number of carbonyl (C=O) groups excluding carboxylic acids is 2. The van der Waals surface area contributed by atoms with E-state index in [1.54, 1.807) is 70.4 Å². The minimum atomic E-state index is -1.11. The van der Waals surface area contributed by atoms with E-state index < -0.39 is 35.3 Å². The van der Waals surface area contributed by atoms with Crippen molar-refractivity contribution in [1.29, 1.82) is 0 Å². The summed E-state index contributed by atoms with van der Waals surface area (Å²) in [6.07, 6.45) is 2.30. The molecule has 31 heavy (non-hydrogen) atoms. The minimum absolute atomic E-state index is 0.0596. The van der Waals surface area contributed by atoms with Crippen molar-refractivity contribution < 1.29 is 29.0 Å². The molecule has 9 heteroatoms. The maximum Gasteiger partial charge on any atom is 0.408 e. The van der Waals surface area contributed by atoms with Crippen molar-refractivity contribution in [3.63, 3.8) is 0 Å². The molecule has 0 saturated heterocycles. The van der Waals surface area contributed by atoms with E-state index in [0.717, 1.165) is 5.56 Å². The molecule has 0 radical (unpaired) electrons. The third kappa shape index (κ3) is 7.76. The molecule has 168 valence electrons. The van der Waals surface area contributed by atoms with Crippen LogP contribution in [0.5, 0.6) is 0 Å². The molecule has 1 aromatic heterocycles. The van der Waals surface area contributed by atoms with E-state index in [1.165, 1.54) is 12.5 Å². The topological polar surface area (TPSA) is 120 Å². The summed E-state index contributed by atoms with van der Waals surface area (Å²) in [5.41, 5.74) is 0.00423. The summed E-state index contributed by atoms with van der Waals surface area (Å²) in [6.45, 7) is 10.5. The lowest BCUT2D eigenvalue weighted by Gasteiger charge is -2.26. The van der Waals surface area contributed by atoms with Crippen LogP contribution in [-0.4, -0.2) is 49.9 Å². The Balaban J connectivity index is 2.17. The van der Waals surface area contributed by atoms with Gasteiger partial charge in [0.15, 0.2) is 5.69 Å². The number of hydrogen-bond donors (Lipinski definition) is 2. The molecule has 1 amide bonds. The average Bonchev–Trinajstić information content (AvgIpc) is 3.09. The van der Waals surface area contributed by atoms with Gasteiger partial charge in [-0.2, -0.15) is 0 Å². The Morgan fingerprint density at radius 1 is 1.03 bits per heavy atom. The molecule has 1 heterocycles. The van der Waals surface area contributed by atoms with Crippen LogP contribution >= 0.6 is 0 Å². The molecule has 1 atom stereocenters. The van der Waals surface area contributed by atoms with E-state index in [9.17, 15) is 14.4 Å². The maximum atomic E-state index is 12.7. The molecule has 0 spiro atoms. The minimum Gasteiger partial charge on any atom is -0.476 e. The van der Waals surface area contributed by atoms with Crippen LogP contribution in [0.1, 0.15) is 57.6 Å². The van der Waals surface area contributed by atoms with E-state index >= 15 is 0 Å². The Bertz CT molecular complexity index is 935. The molecular formula is C22H29N3O6. The highest BCUT2D eigenvalue weighted by Gasteiger charge is 2.29. The number of rotatable bonds is 6. The summed E-state index contributed by atoms with van der Waals surface area (Å²) in [7, 11) is 0. The second-order valence-electron chi connectivity index (χ2n) is 9.07. The molecule has 0 saturated carbocycles. The van der Waals surface area contributed by atoms with Crippen molar-refractivity contribution >= 4 is 18.0 Å². The van der Waals surface area contributed by atoms with Crippen LogP contribution in [-0.2, 0) is 20.7 Å². The highest BCUT2D eigenvalue weighted by molar-refractivity contribution is 5.85. The van der Waals surface area contributed by atoms with E-state index in [-0.39, 0.29) is 12.1 Å². The summed E-state index contributed by atoms with van der Waals surface area (Å²) in [5, 5.41) is 11.6. The fourth-order valence-electron chi connectivity index (χ4n) is 2.63. The summed E-state index contributed by atoms with van der Waals surface area (Å²) in [5.74, 6) is -1.67. The first kappa shape index (κ1) is 23.9. The standard InChI is InChI=1S/C22H29N3O6/c1-21(2,3)30-19(28)16(24-20(29)31-22(4,5)6)11-14-7-9-15(10-8-14)25-12-17(18(26)27)23-13-25/h7-10,12-13,16H,11H2,1-6H3,(H,24,29)(H,26,27)/t16-/m0/s1. The summed E-state index contributed by atoms with van der Waals surface area (Å²) in [4.78, 5) is 39.7. The van der Waals surface area contributed by atoms with Crippen molar-refractivity contribution in [3.8, 4) is 5.69 Å². The molecule has 1 aromatic carbocycles. The lowest BCUT2D eigenvalue weighted by Crippen LogP contribution is -2.47. The molecule has 0 fully saturated rings. The van der Waals surface area contributed by atoms with Crippen LogP contribution in [0.3, 0.4) is 0 Å². The molecule has 0 aliphatic carbocycles. The smallest absolute Gasteiger partial charge is 0.408 e. The highest BCUT2D eigenvalue weighted by atomic mass is 16.6. The number of amides is 1. The number of esters is 1. The number of aromatic nitrogens is 2. The predicted octanol–water partition coefficient (Wildman–Crippen LogP) is 3.35. The van der Waals surface area contributed by atoms with Gasteiger partial charge >= 0.3 is 18.0 Å². The molecule has 0 aliphatic rings. The van der Waals surface area contributed by atoms with E-state index in [1.807, 2.05) is 0 Å². The predicted molar refractivity (Wildman–Crippen MR) is 113 cm³/mol. The van der Waals surface area contributed by atoms with Gasteiger partial charge in [-0.1, -0.05) is 12.1 Å². The lowest BCUT2D eigenvalue weighted by atomic mass is 10.0. The van der Waals surface area contributed by atoms with E-state index in [4.69, 9.17) is 14.6 Å². The van der Waals surface area contributed by atoms with Gasteiger partial charge in [0.25, 0.3) is 0 Å². The molecule has 2 rings (SSSR count). The number of aromatic carboxylic acids is 1. The van der Waals surface area contributed by atoms with Crippen LogP contribution < -0.4 is 5.32 Å². The molecular weight excluding hydrogens is 402 g/mol. The Hall–Kier alpha value is -3.36. The highest BCUT2D eigenvalue weighted by Crippen LogP contribution is 2.15. The zero-order chi connectivity index (χ0) is 23.4. The number of benzene rings is 1. The number of ether oxygens (including phenoxy) is 2. The molecule has 0 aliphatic heterocycles. The Morgan fingerprint density at radius 2 is 1.61 bits per heavy atom. The van der Waals surface area contributed by atoms with Gasteiger partial charge in [-0.15, -0.1) is 0 Å². The number of hydrogen-bond acceptors (Lipinski definition) is 6. The summed E-state index contributed by atoms with van der Waals surface area (Å²) < 4.78 is 12.3. The number of imidazole rings is 1. The first-order chi connectivity index (χ1) is 14.2. The van der Waals surface area contributed by atoms with Gasteiger partial charge in [-0.3, -0.25) is 0 Å². The van der Waals surface area contributed by atoms with Gasteiger partial charge in [0.2, 0.25) is 0 Å². The lowest BCUT2D eigenvalue weighted by molar-refractivity contribution is -0.157. The van der Waals surface area contributed by atoms with Crippen LogP contribution in [0.25, 0.3) is 5.69 Å².